The highest BCUT2D eigenvalue weighted by molar-refractivity contribution is 5.30. The van der Waals surface area contributed by atoms with Gasteiger partial charge in [-0.05, 0) is 32.6 Å². The van der Waals surface area contributed by atoms with Gasteiger partial charge in [-0.1, -0.05) is 26.7 Å². The van der Waals surface area contributed by atoms with Crippen molar-refractivity contribution >= 4 is 0 Å². The Balaban J connectivity index is 2.44. The van der Waals surface area contributed by atoms with E-state index in [0.29, 0.717) is 6.04 Å². The van der Waals surface area contributed by atoms with E-state index in [0.717, 1.165) is 12.8 Å². The maximum absolute atomic E-state index is 6.13. The summed E-state index contributed by atoms with van der Waals surface area (Å²) in [4.78, 5) is 0. The summed E-state index contributed by atoms with van der Waals surface area (Å²) in [7, 11) is 0. The van der Waals surface area contributed by atoms with Crippen LogP contribution in [0.5, 0.6) is 0 Å². The highest BCUT2D eigenvalue weighted by atomic mass is 15.3. The van der Waals surface area contributed by atoms with E-state index >= 15 is 0 Å². The zero-order valence-corrected chi connectivity index (χ0v) is 11.4. The molecule has 2 rings (SSSR count). The number of nitrogens with zero attached hydrogens (tertiary/aromatic N) is 2. The van der Waals surface area contributed by atoms with E-state index in [4.69, 9.17) is 10.8 Å². The van der Waals surface area contributed by atoms with Gasteiger partial charge in [-0.3, -0.25) is 4.68 Å². The second-order valence-corrected chi connectivity index (χ2v) is 5.19. The van der Waals surface area contributed by atoms with Gasteiger partial charge in [0.15, 0.2) is 0 Å². The first-order valence-electron chi connectivity index (χ1n) is 7.04. The number of hydrogen-bond donors (Lipinski definition) is 1. The Labute approximate surface area is 104 Å². The first kappa shape index (κ1) is 12.6. The van der Waals surface area contributed by atoms with Crippen molar-refractivity contribution in [2.75, 3.05) is 0 Å². The molecule has 3 nitrogen and oxygen atoms in total. The van der Waals surface area contributed by atoms with Gasteiger partial charge in [-0.2, -0.15) is 5.10 Å². The molecule has 1 aromatic rings. The van der Waals surface area contributed by atoms with Crippen LogP contribution in [-0.2, 0) is 12.8 Å². The maximum atomic E-state index is 6.13. The summed E-state index contributed by atoms with van der Waals surface area (Å²) in [6.07, 6.45) is 7.31. The minimum atomic E-state index is 0.107. The summed E-state index contributed by atoms with van der Waals surface area (Å²) in [6.45, 7) is 6.47. The molecule has 0 radical (unpaired) electrons. The normalized spacial score (nSPS) is 18.8. The lowest BCUT2D eigenvalue weighted by Gasteiger charge is -2.15. The van der Waals surface area contributed by atoms with Gasteiger partial charge >= 0.3 is 0 Å². The summed E-state index contributed by atoms with van der Waals surface area (Å²) in [5, 5.41) is 4.84. The van der Waals surface area contributed by atoms with Gasteiger partial charge in [0.05, 0.1) is 11.7 Å². The molecule has 1 heterocycles. The average molecular weight is 235 g/mol. The van der Waals surface area contributed by atoms with E-state index in [-0.39, 0.29) is 6.04 Å². The molecule has 1 atom stereocenters. The third kappa shape index (κ3) is 2.25. The lowest BCUT2D eigenvalue weighted by atomic mass is 10.0. The molecule has 3 heteroatoms. The van der Waals surface area contributed by atoms with Crippen LogP contribution >= 0.6 is 0 Å². The SMILES string of the molecule is CCc1nn(C2CCCC2)c(CC)c1C(C)N. The van der Waals surface area contributed by atoms with Crippen LogP contribution in [0, 0.1) is 0 Å². The third-order valence-electron chi connectivity index (χ3n) is 3.92. The van der Waals surface area contributed by atoms with Crippen molar-refractivity contribution < 1.29 is 0 Å². The van der Waals surface area contributed by atoms with Crippen LogP contribution in [0.2, 0.25) is 0 Å². The predicted octanol–water partition coefficient (Wildman–Crippen LogP) is 3.14. The molecule has 0 amide bonds. The lowest BCUT2D eigenvalue weighted by molar-refractivity contribution is 0.447. The standard InChI is InChI=1S/C14H25N3/c1-4-12-14(10(3)15)13(5-2)17(16-12)11-8-6-7-9-11/h10-11H,4-9,15H2,1-3H3. The van der Waals surface area contributed by atoms with Crippen LogP contribution in [0.1, 0.15) is 75.5 Å². The molecule has 0 aromatic carbocycles. The van der Waals surface area contributed by atoms with E-state index in [1.54, 1.807) is 0 Å². The van der Waals surface area contributed by atoms with Crippen molar-refractivity contribution in [3.05, 3.63) is 17.0 Å². The molecule has 0 spiro atoms. The monoisotopic (exact) mass is 235 g/mol. The Morgan fingerprint density at radius 3 is 2.41 bits per heavy atom. The van der Waals surface area contributed by atoms with Crippen LogP contribution in [-0.4, -0.2) is 9.78 Å². The second kappa shape index (κ2) is 5.21. The molecule has 1 aliphatic carbocycles. The molecule has 1 aromatic heterocycles. The van der Waals surface area contributed by atoms with E-state index < -0.39 is 0 Å². The molecule has 1 aliphatic rings. The molecular weight excluding hydrogens is 210 g/mol. The van der Waals surface area contributed by atoms with E-state index in [9.17, 15) is 0 Å². The molecular formula is C14H25N3. The molecule has 0 bridgehead atoms. The van der Waals surface area contributed by atoms with Crippen LogP contribution in [0.3, 0.4) is 0 Å². The number of hydrogen-bond acceptors (Lipinski definition) is 2. The minimum Gasteiger partial charge on any atom is -0.324 e. The fraction of sp³-hybridized carbons (Fsp3) is 0.786. The van der Waals surface area contributed by atoms with Crippen LogP contribution in [0.15, 0.2) is 0 Å². The molecule has 1 saturated carbocycles. The Kier molecular flexibility index (Phi) is 3.87. The van der Waals surface area contributed by atoms with Gasteiger partial charge in [-0.25, -0.2) is 0 Å². The van der Waals surface area contributed by atoms with Crippen molar-refractivity contribution in [3.63, 3.8) is 0 Å². The van der Waals surface area contributed by atoms with E-state index in [1.807, 2.05) is 0 Å². The summed E-state index contributed by atoms with van der Waals surface area (Å²) in [6, 6.07) is 0.734. The number of nitrogens with two attached hydrogens (primary N) is 1. The van der Waals surface area contributed by atoms with Gasteiger partial charge in [0.25, 0.3) is 0 Å². The number of rotatable bonds is 4. The van der Waals surface area contributed by atoms with Gasteiger partial charge < -0.3 is 5.73 Å². The summed E-state index contributed by atoms with van der Waals surface area (Å²) in [5.74, 6) is 0. The average Bonchev–Trinajstić information content (AvgIpc) is 2.94. The Bertz CT molecular complexity index is 373. The fourth-order valence-electron chi connectivity index (χ4n) is 3.12. The van der Waals surface area contributed by atoms with Crippen LogP contribution in [0.25, 0.3) is 0 Å². The van der Waals surface area contributed by atoms with Crippen LogP contribution in [0.4, 0.5) is 0 Å². The quantitative estimate of drug-likeness (QED) is 0.871. The number of aryl methyl sites for hydroxylation is 1. The van der Waals surface area contributed by atoms with Crippen molar-refractivity contribution in [1.29, 1.82) is 0 Å². The maximum Gasteiger partial charge on any atom is 0.0672 e. The summed E-state index contributed by atoms with van der Waals surface area (Å²) < 4.78 is 2.30. The third-order valence-corrected chi connectivity index (χ3v) is 3.92. The van der Waals surface area contributed by atoms with E-state index in [2.05, 4.69) is 25.5 Å². The van der Waals surface area contributed by atoms with Gasteiger partial charge in [0.1, 0.15) is 0 Å². The van der Waals surface area contributed by atoms with Gasteiger partial charge in [-0.15, -0.1) is 0 Å². The molecule has 1 unspecified atom stereocenters. The summed E-state index contributed by atoms with van der Waals surface area (Å²) in [5.41, 5.74) is 10.0. The predicted molar refractivity (Wildman–Crippen MR) is 71.1 cm³/mol. The zero-order chi connectivity index (χ0) is 12.4. The minimum absolute atomic E-state index is 0.107. The highest BCUT2D eigenvalue weighted by Crippen LogP contribution is 2.33. The molecule has 1 fully saturated rings. The van der Waals surface area contributed by atoms with E-state index in [1.165, 1.54) is 42.6 Å². The molecule has 17 heavy (non-hydrogen) atoms. The largest absolute Gasteiger partial charge is 0.324 e. The molecule has 0 aliphatic heterocycles. The zero-order valence-electron chi connectivity index (χ0n) is 11.4. The van der Waals surface area contributed by atoms with Crippen LogP contribution < -0.4 is 5.73 Å². The number of aromatic nitrogens is 2. The Hall–Kier alpha value is -0.830. The smallest absolute Gasteiger partial charge is 0.0672 e. The Morgan fingerprint density at radius 2 is 1.94 bits per heavy atom. The first-order chi connectivity index (χ1) is 8.19. The van der Waals surface area contributed by atoms with Gasteiger partial charge in [0, 0.05) is 17.3 Å². The lowest BCUT2D eigenvalue weighted by Crippen LogP contribution is -2.13. The van der Waals surface area contributed by atoms with Crippen molar-refractivity contribution in [1.82, 2.24) is 9.78 Å². The van der Waals surface area contributed by atoms with Crippen molar-refractivity contribution in [2.45, 2.75) is 71.4 Å². The van der Waals surface area contributed by atoms with Crippen molar-refractivity contribution in [3.8, 4) is 0 Å². The molecule has 2 N–H and O–H groups in total. The topological polar surface area (TPSA) is 43.8 Å². The first-order valence-corrected chi connectivity index (χ1v) is 7.04. The molecule has 96 valence electrons. The van der Waals surface area contributed by atoms with Crippen molar-refractivity contribution in [2.24, 2.45) is 5.73 Å². The summed E-state index contributed by atoms with van der Waals surface area (Å²) >= 11 is 0. The second-order valence-electron chi connectivity index (χ2n) is 5.19. The Morgan fingerprint density at radius 1 is 1.29 bits per heavy atom. The fourth-order valence-corrected chi connectivity index (χ4v) is 3.12. The highest BCUT2D eigenvalue weighted by Gasteiger charge is 2.24. The van der Waals surface area contributed by atoms with Gasteiger partial charge in [0.2, 0.25) is 0 Å². The molecule has 0 saturated heterocycles.